The largest absolute Gasteiger partial charge is 0.456 e. The molecule has 0 spiro atoms. The Morgan fingerprint density at radius 3 is 3.10 bits per heavy atom. The molecule has 0 bridgehead atoms. The second kappa shape index (κ2) is 6.11. The minimum Gasteiger partial charge on any atom is -0.456 e. The number of rotatable bonds is 4. The first kappa shape index (κ1) is 14.5. The quantitative estimate of drug-likeness (QED) is 0.665. The predicted octanol–water partition coefficient (Wildman–Crippen LogP) is 1.80. The maximum absolute atomic E-state index is 13.7. The molecule has 114 valence electrons. The van der Waals surface area contributed by atoms with Crippen LogP contribution in [0.5, 0.6) is 0 Å². The predicted molar refractivity (Wildman–Crippen MR) is 78.1 cm³/mol. The molecule has 6 heteroatoms. The molecule has 1 fully saturated rings. The van der Waals surface area contributed by atoms with E-state index in [1.165, 1.54) is 6.07 Å². The van der Waals surface area contributed by atoms with Gasteiger partial charge in [0.2, 0.25) is 0 Å². The summed E-state index contributed by atoms with van der Waals surface area (Å²) in [7, 11) is 0. The van der Waals surface area contributed by atoms with E-state index in [4.69, 9.17) is 15.0 Å². The second-order valence-corrected chi connectivity index (χ2v) is 5.25. The van der Waals surface area contributed by atoms with Crippen LogP contribution in [0.1, 0.15) is 18.7 Å². The Morgan fingerprint density at radius 1 is 1.52 bits per heavy atom. The molecule has 1 aromatic heterocycles. The minimum atomic E-state index is -0.366. The minimum absolute atomic E-state index is 0.118. The average molecular weight is 293 g/mol. The van der Waals surface area contributed by atoms with E-state index in [1.807, 2.05) is 12.1 Å². The van der Waals surface area contributed by atoms with Crippen LogP contribution in [0.4, 0.5) is 4.39 Å². The van der Waals surface area contributed by atoms with Crippen LogP contribution in [-0.4, -0.2) is 37.2 Å². The molecule has 2 unspecified atom stereocenters. The van der Waals surface area contributed by atoms with Crippen LogP contribution in [-0.2, 0) is 4.74 Å². The van der Waals surface area contributed by atoms with Gasteiger partial charge in [-0.05, 0) is 18.7 Å². The van der Waals surface area contributed by atoms with Crippen molar-refractivity contribution in [1.29, 1.82) is 0 Å². The van der Waals surface area contributed by atoms with Crippen molar-refractivity contribution in [3.05, 3.63) is 35.8 Å². The topological polar surface area (TPSA) is 63.7 Å². The van der Waals surface area contributed by atoms with Gasteiger partial charge in [0.15, 0.2) is 11.4 Å². The standard InChI is InChI=1S/C15H20FN3O2/c1-2-19-6-7-20-13(9-19)14(18-17)12-8-10-4-3-5-11(16)15(10)21-12/h3-5,8,13-14,18H,2,6-7,9,17H2,1H3. The molecule has 2 aromatic rings. The van der Waals surface area contributed by atoms with Crippen molar-refractivity contribution in [3.8, 4) is 0 Å². The first-order valence-corrected chi connectivity index (χ1v) is 7.21. The number of hydrogen-bond donors (Lipinski definition) is 2. The summed E-state index contributed by atoms with van der Waals surface area (Å²) < 4.78 is 25.2. The lowest BCUT2D eigenvalue weighted by Crippen LogP contribution is -2.49. The summed E-state index contributed by atoms with van der Waals surface area (Å²) in [5.74, 6) is 5.91. The normalized spacial score (nSPS) is 21.8. The molecule has 0 saturated carbocycles. The van der Waals surface area contributed by atoms with E-state index in [1.54, 1.807) is 6.07 Å². The number of benzene rings is 1. The molecule has 1 aromatic carbocycles. The molecule has 0 amide bonds. The zero-order chi connectivity index (χ0) is 14.8. The number of halogens is 1. The summed E-state index contributed by atoms with van der Waals surface area (Å²) in [6, 6.07) is 6.39. The van der Waals surface area contributed by atoms with E-state index >= 15 is 0 Å². The van der Waals surface area contributed by atoms with E-state index in [2.05, 4.69) is 17.2 Å². The summed E-state index contributed by atoms with van der Waals surface area (Å²) in [6.45, 7) is 5.42. The highest BCUT2D eigenvalue weighted by Crippen LogP contribution is 2.29. The maximum atomic E-state index is 13.7. The number of furan rings is 1. The third-order valence-corrected chi connectivity index (χ3v) is 4.00. The van der Waals surface area contributed by atoms with Gasteiger partial charge in [0, 0.05) is 18.5 Å². The van der Waals surface area contributed by atoms with Gasteiger partial charge < -0.3 is 9.15 Å². The van der Waals surface area contributed by atoms with Gasteiger partial charge in [-0.2, -0.15) is 0 Å². The number of morpholine rings is 1. The van der Waals surface area contributed by atoms with Crippen molar-refractivity contribution in [2.45, 2.75) is 19.1 Å². The highest BCUT2D eigenvalue weighted by atomic mass is 19.1. The van der Waals surface area contributed by atoms with Crippen LogP contribution in [0.25, 0.3) is 11.0 Å². The monoisotopic (exact) mass is 293 g/mol. The summed E-state index contributed by atoms with van der Waals surface area (Å²) >= 11 is 0. The fourth-order valence-electron chi connectivity index (χ4n) is 2.79. The van der Waals surface area contributed by atoms with Crippen molar-refractivity contribution < 1.29 is 13.5 Å². The number of para-hydroxylation sites is 1. The van der Waals surface area contributed by atoms with E-state index in [-0.39, 0.29) is 23.5 Å². The van der Waals surface area contributed by atoms with Gasteiger partial charge in [0.25, 0.3) is 0 Å². The molecule has 2 heterocycles. The summed E-state index contributed by atoms with van der Waals surface area (Å²) in [5.41, 5.74) is 3.01. The van der Waals surface area contributed by atoms with Crippen LogP contribution in [0, 0.1) is 5.82 Å². The smallest absolute Gasteiger partial charge is 0.169 e. The average Bonchev–Trinajstić information content (AvgIpc) is 2.93. The van der Waals surface area contributed by atoms with Crippen LogP contribution in [0.15, 0.2) is 28.7 Å². The number of hydrogen-bond acceptors (Lipinski definition) is 5. The van der Waals surface area contributed by atoms with Gasteiger partial charge in [-0.1, -0.05) is 19.1 Å². The first-order chi connectivity index (χ1) is 10.2. The van der Waals surface area contributed by atoms with E-state index in [0.29, 0.717) is 12.4 Å². The van der Waals surface area contributed by atoms with Gasteiger partial charge in [-0.25, -0.2) is 9.82 Å². The van der Waals surface area contributed by atoms with Crippen molar-refractivity contribution in [2.75, 3.05) is 26.2 Å². The Morgan fingerprint density at radius 2 is 2.38 bits per heavy atom. The molecule has 3 rings (SSSR count). The summed E-state index contributed by atoms with van der Waals surface area (Å²) in [4.78, 5) is 2.29. The van der Waals surface area contributed by atoms with Gasteiger partial charge in [-0.15, -0.1) is 0 Å². The first-order valence-electron chi connectivity index (χ1n) is 7.21. The van der Waals surface area contributed by atoms with E-state index in [9.17, 15) is 4.39 Å². The number of nitrogens with two attached hydrogens (primary N) is 1. The van der Waals surface area contributed by atoms with Crippen molar-refractivity contribution in [3.63, 3.8) is 0 Å². The summed E-state index contributed by atoms with van der Waals surface area (Å²) in [6.07, 6.45) is -0.118. The van der Waals surface area contributed by atoms with E-state index in [0.717, 1.165) is 25.0 Å². The molecule has 5 nitrogen and oxygen atoms in total. The van der Waals surface area contributed by atoms with Gasteiger partial charge in [-0.3, -0.25) is 10.7 Å². The van der Waals surface area contributed by atoms with Gasteiger partial charge >= 0.3 is 0 Å². The lowest BCUT2D eigenvalue weighted by atomic mass is 10.1. The maximum Gasteiger partial charge on any atom is 0.169 e. The molecular weight excluding hydrogens is 273 g/mol. The highest BCUT2D eigenvalue weighted by Gasteiger charge is 2.30. The van der Waals surface area contributed by atoms with Gasteiger partial charge in [0.05, 0.1) is 12.7 Å². The lowest BCUT2D eigenvalue weighted by Gasteiger charge is -2.35. The molecule has 21 heavy (non-hydrogen) atoms. The Labute approximate surface area is 122 Å². The zero-order valence-electron chi connectivity index (χ0n) is 12.0. The fraction of sp³-hybridized carbons (Fsp3) is 0.467. The Balaban J connectivity index is 1.89. The molecule has 0 aliphatic carbocycles. The van der Waals surface area contributed by atoms with Crippen LogP contribution >= 0.6 is 0 Å². The number of nitrogens with zero attached hydrogens (tertiary/aromatic N) is 1. The summed E-state index contributed by atoms with van der Waals surface area (Å²) in [5, 5.41) is 0.730. The third-order valence-electron chi connectivity index (χ3n) is 4.00. The van der Waals surface area contributed by atoms with Crippen molar-refractivity contribution >= 4 is 11.0 Å². The third kappa shape index (κ3) is 2.80. The molecule has 0 radical (unpaired) electrons. The van der Waals surface area contributed by atoms with Crippen LogP contribution < -0.4 is 11.3 Å². The van der Waals surface area contributed by atoms with Crippen molar-refractivity contribution in [2.24, 2.45) is 5.84 Å². The molecule has 1 aliphatic heterocycles. The van der Waals surface area contributed by atoms with Gasteiger partial charge in [0.1, 0.15) is 11.8 Å². The number of nitrogens with one attached hydrogen (secondary N) is 1. The Kier molecular flexibility index (Phi) is 4.21. The number of ether oxygens (including phenoxy) is 1. The molecule has 3 N–H and O–H groups in total. The molecule has 1 aliphatic rings. The molecule has 1 saturated heterocycles. The van der Waals surface area contributed by atoms with Crippen LogP contribution in [0.3, 0.4) is 0 Å². The SMILES string of the molecule is CCN1CCOC(C(NN)c2cc3cccc(F)c3o2)C1. The second-order valence-electron chi connectivity index (χ2n) is 5.25. The Bertz CT molecular complexity index is 616. The van der Waals surface area contributed by atoms with Crippen molar-refractivity contribution in [1.82, 2.24) is 10.3 Å². The zero-order valence-corrected chi connectivity index (χ0v) is 12.0. The number of hydrazine groups is 1. The fourth-order valence-corrected chi connectivity index (χ4v) is 2.79. The number of fused-ring (bicyclic) bond motifs is 1. The molecular formula is C15H20FN3O2. The van der Waals surface area contributed by atoms with Crippen LogP contribution in [0.2, 0.25) is 0 Å². The number of likely N-dealkylation sites (N-methyl/N-ethyl adjacent to an activating group) is 1. The lowest BCUT2D eigenvalue weighted by molar-refractivity contribution is -0.0487. The highest BCUT2D eigenvalue weighted by molar-refractivity contribution is 5.78. The Hall–Kier alpha value is -1.47. The van der Waals surface area contributed by atoms with E-state index < -0.39 is 0 Å². The molecule has 2 atom stereocenters.